The highest BCUT2D eigenvalue weighted by Gasteiger charge is 2.18. The summed E-state index contributed by atoms with van der Waals surface area (Å²) in [6, 6.07) is 0. The molecule has 0 bridgehead atoms. The molecule has 1 aromatic heterocycles. The fraction of sp³-hybridized carbons (Fsp3) is 0.391. The average molecular weight is 412 g/mol. The number of hydrogen-bond acceptors (Lipinski definition) is 5. The Balaban J connectivity index is 1.82. The first kappa shape index (κ1) is 21.3. The Kier molecular flexibility index (Phi) is 7.67. The van der Waals surface area contributed by atoms with E-state index in [4.69, 9.17) is 11.6 Å². The van der Waals surface area contributed by atoms with Crippen LogP contribution >= 0.6 is 11.6 Å². The summed E-state index contributed by atoms with van der Waals surface area (Å²) in [5, 5.41) is 7.73. The molecule has 0 saturated carbocycles. The maximum atomic E-state index is 6.58. The van der Waals surface area contributed by atoms with E-state index in [2.05, 4.69) is 51.5 Å². The SMILES string of the molecule is C\C=C/N=C1\C=C(CNc2cncc(C)c2N2CCNCC2)C=C(Cl)\C1=C/CC. The number of piperazine rings is 1. The van der Waals surface area contributed by atoms with Crippen LogP contribution in [0.15, 0.2) is 64.1 Å². The maximum Gasteiger partial charge on any atom is 0.0769 e. The van der Waals surface area contributed by atoms with Gasteiger partial charge in [-0.05, 0) is 43.6 Å². The standard InChI is InChI=1S/C23H30ClN5/c1-4-6-19-20(24)12-18(13-21(19)27-7-5-2)15-28-22-16-26-14-17(3)23(22)29-10-8-25-9-11-29/h5-7,12-14,16,25,28H,4,8-11,15H2,1-3H3/b7-5-,19-6+,27-21+. The molecule has 6 heteroatoms. The smallest absolute Gasteiger partial charge is 0.0769 e. The highest BCUT2D eigenvalue weighted by molar-refractivity contribution is 6.38. The number of aliphatic imine (C=N–C) groups is 1. The zero-order valence-electron chi connectivity index (χ0n) is 17.5. The summed E-state index contributed by atoms with van der Waals surface area (Å²) in [6.45, 7) is 10.9. The lowest BCUT2D eigenvalue weighted by atomic mass is 9.98. The Morgan fingerprint density at radius 3 is 2.79 bits per heavy atom. The molecule has 1 saturated heterocycles. The molecular formula is C23H30ClN5. The van der Waals surface area contributed by atoms with Crippen LogP contribution in [0.5, 0.6) is 0 Å². The quantitative estimate of drug-likeness (QED) is 0.719. The second kappa shape index (κ2) is 10.4. The first-order valence-electron chi connectivity index (χ1n) is 10.3. The molecule has 1 aliphatic carbocycles. The largest absolute Gasteiger partial charge is 0.378 e. The van der Waals surface area contributed by atoms with Crippen molar-refractivity contribution in [3.8, 4) is 0 Å². The third-order valence-corrected chi connectivity index (χ3v) is 5.27. The van der Waals surface area contributed by atoms with Crippen LogP contribution in [0.2, 0.25) is 0 Å². The van der Waals surface area contributed by atoms with Crippen molar-refractivity contribution < 1.29 is 0 Å². The molecule has 3 rings (SSSR count). The summed E-state index contributed by atoms with van der Waals surface area (Å²) in [5.41, 5.74) is 6.47. The number of halogens is 1. The molecule has 2 aliphatic rings. The minimum absolute atomic E-state index is 0.661. The minimum Gasteiger partial charge on any atom is -0.378 e. The topological polar surface area (TPSA) is 52.6 Å². The molecule has 2 heterocycles. The maximum absolute atomic E-state index is 6.58. The van der Waals surface area contributed by atoms with Crippen LogP contribution in [-0.4, -0.2) is 43.4 Å². The van der Waals surface area contributed by atoms with Crippen molar-refractivity contribution in [2.75, 3.05) is 42.9 Å². The zero-order chi connectivity index (χ0) is 20.6. The molecule has 5 nitrogen and oxygen atoms in total. The molecular weight excluding hydrogens is 382 g/mol. The van der Waals surface area contributed by atoms with Crippen LogP contribution in [0.3, 0.4) is 0 Å². The van der Waals surface area contributed by atoms with E-state index in [1.807, 2.05) is 37.7 Å². The Labute approximate surface area is 179 Å². The van der Waals surface area contributed by atoms with E-state index in [0.29, 0.717) is 6.54 Å². The summed E-state index contributed by atoms with van der Waals surface area (Å²) in [5.74, 6) is 0. The number of rotatable bonds is 6. The molecule has 154 valence electrons. The summed E-state index contributed by atoms with van der Waals surface area (Å²) < 4.78 is 0. The van der Waals surface area contributed by atoms with Gasteiger partial charge in [0.15, 0.2) is 0 Å². The molecule has 2 N–H and O–H groups in total. The summed E-state index contributed by atoms with van der Waals surface area (Å²) in [6.07, 6.45) is 14.7. The molecule has 0 atom stereocenters. The van der Waals surface area contributed by atoms with Crippen LogP contribution in [0.1, 0.15) is 25.8 Å². The van der Waals surface area contributed by atoms with Crippen LogP contribution in [0.25, 0.3) is 0 Å². The lowest BCUT2D eigenvalue weighted by molar-refractivity contribution is 0.588. The van der Waals surface area contributed by atoms with E-state index < -0.39 is 0 Å². The molecule has 0 unspecified atom stereocenters. The van der Waals surface area contributed by atoms with Gasteiger partial charge < -0.3 is 15.5 Å². The van der Waals surface area contributed by atoms with Crippen molar-refractivity contribution in [1.29, 1.82) is 0 Å². The molecule has 1 fully saturated rings. The molecule has 0 aromatic carbocycles. The highest BCUT2D eigenvalue weighted by atomic mass is 35.5. The zero-order valence-corrected chi connectivity index (χ0v) is 18.3. The van der Waals surface area contributed by atoms with Crippen LogP contribution in [-0.2, 0) is 0 Å². The number of aromatic nitrogens is 1. The third-order valence-electron chi connectivity index (χ3n) is 4.96. The summed E-state index contributed by atoms with van der Waals surface area (Å²) in [4.78, 5) is 11.4. The number of nitrogens with zero attached hydrogens (tertiary/aromatic N) is 3. The van der Waals surface area contributed by atoms with E-state index in [0.717, 1.165) is 60.2 Å². The van der Waals surface area contributed by atoms with E-state index in [1.54, 1.807) is 0 Å². The predicted molar refractivity (Wildman–Crippen MR) is 125 cm³/mol. The van der Waals surface area contributed by atoms with Gasteiger partial charge in [-0.15, -0.1) is 0 Å². The Morgan fingerprint density at radius 2 is 2.07 bits per heavy atom. The first-order valence-corrected chi connectivity index (χ1v) is 10.6. The number of hydrogen-bond donors (Lipinski definition) is 2. The Hall–Kier alpha value is -2.37. The van der Waals surface area contributed by atoms with Crippen LogP contribution in [0, 0.1) is 6.92 Å². The van der Waals surface area contributed by atoms with Crippen molar-refractivity contribution in [2.24, 2.45) is 4.99 Å². The van der Waals surface area contributed by atoms with Crippen molar-refractivity contribution in [1.82, 2.24) is 10.3 Å². The number of nitrogens with one attached hydrogen (secondary N) is 2. The number of anilines is 2. The lowest BCUT2D eigenvalue weighted by Gasteiger charge is -2.32. The van der Waals surface area contributed by atoms with Gasteiger partial charge in [0.1, 0.15) is 0 Å². The number of allylic oxidation sites excluding steroid dienone is 5. The van der Waals surface area contributed by atoms with Crippen molar-refractivity contribution in [3.05, 3.63) is 64.6 Å². The average Bonchev–Trinajstić information content (AvgIpc) is 2.73. The highest BCUT2D eigenvalue weighted by Crippen LogP contribution is 2.30. The molecule has 0 spiro atoms. The second-order valence-corrected chi connectivity index (χ2v) is 7.58. The van der Waals surface area contributed by atoms with Crippen LogP contribution in [0.4, 0.5) is 11.4 Å². The fourth-order valence-corrected chi connectivity index (χ4v) is 3.94. The molecule has 0 radical (unpaired) electrons. The monoisotopic (exact) mass is 411 g/mol. The Morgan fingerprint density at radius 1 is 1.28 bits per heavy atom. The van der Waals surface area contributed by atoms with Gasteiger partial charge in [0, 0.05) is 55.7 Å². The van der Waals surface area contributed by atoms with Gasteiger partial charge in [-0.25, -0.2) is 0 Å². The number of pyridine rings is 1. The molecule has 0 amide bonds. The van der Waals surface area contributed by atoms with Crippen molar-refractivity contribution >= 4 is 28.7 Å². The van der Waals surface area contributed by atoms with Gasteiger partial charge in [-0.1, -0.05) is 30.7 Å². The predicted octanol–water partition coefficient (Wildman–Crippen LogP) is 4.59. The van der Waals surface area contributed by atoms with Gasteiger partial charge in [0.2, 0.25) is 0 Å². The Bertz CT molecular complexity index is 873. The van der Waals surface area contributed by atoms with Crippen molar-refractivity contribution in [3.63, 3.8) is 0 Å². The number of aryl methyl sites for hydroxylation is 1. The van der Waals surface area contributed by atoms with Gasteiger partial charge >= 0.3 is 0 Å². The van der Waals surface area contributed by atoms with E-state index in [1.165, 1.54) is 11.3 Å². The van der Waals surface area contributed by atoms with Gasteiger partial charge in [-0.3, -0.25) is 9.98 Å². The molecule has 1 aromatic rings. The third kappa shape index (κ3) is 5.37. The lowest BCUT2D eigenvalue weighted by Crippen LogP contribution is -2.44. The van der Waals surface area contributed by atoms with E-state index >= 15 is 0 Å². The first-order chi connectivity index (χ1) is 14.1. The van der Waals surface area contributed by atoms with Gasteiger partial charge in [0.05, 0.1) is 23.3 Å². The fourth-order valence-electron chi connectivity index (χ4n) is 3.62. The minimum atomic E-state index is 0.661. The normalized spacial score (nSPS) is 20.3. The molecule has 29 heavy (non-hydrogen) atoms. The van der Waals surface area contributed by atoms with Crippen LogP contribution < -0.4 is 15.5 Å². The van der Waals surface area contributed by atoms with E-state index in [9.17, 15) is 0 Å². The summed E-state index contributed by atoms with van der Waals surface area (Å²) >= 11 is 6.58. The van der Waals surface area contributed by atoms with Crippen molar-refractivity contribution in [2.45, 2.75) is 27.2 Å². The second-order valence-electron chi connectivity index (χ2n) is 7.18. The van der Waals surface area contributed by atoms with Gasteiger partial charge in [0.25, 0.3) is 0 Å². The molecule has 1 aliphatic heterocycles. The van der Waals surface area contributed by atoms with E-state index in [-0.39, 0.29) is 0 Å². The van der Waals surface area contributed by atoms with Gasteiger partial charge in [-0.2, -0.15) is 0 Å². The summed E-state index contributed by atoms with van der Waals surface area (Å²) in [7, 11) is 0.